The fraction of sp³-hybridized carbons (Fsp3) is 0.650. The summed E-state index contributed by atoms with van der Waals surface area (Å²) in [6.07, 6.45) is 1.05. The summed E-state index contributed by atoms with van der Waals surface area (Å²) >= 11 is 0. The summed E-state index contributed by atoms with van der Waals surface area (Å²) in [6, 6.07) is 6.35. The number of sulfonamides is 1. The predicted octanol–water partition coefficient (Wildman–Crippen LogP) is 2.60. The number of carbonyl (C=O) groups excluding carboxylic acids is 1. The van der Waals surface area contributed by atoms with E-state index < -0.39 is 10.0 Å². The molecule has 0 saturated carbocycles. The van der Waals surface area contributed by atoms with Crippen LogP contribution in [-0.4, -0.2) is 61.9 Å². The third-order valence-electron chi connectivity index (χ3n) is 5.28. The summed E-state index contributed by atoms with van der Waals surface area (Å²) in [5, 5.41) is 0. The van der Waals surface area contributed by atoms with Crippen LogP contribution in [0.3, 0.4) is 0 Å². The number of carbonyl (C=O) groups is 1. The first-order chi connectivity index (χ1) is 12.7. The predicted molar refractivity (Wildman–Crippen MR) is 104 cm³/mol. The first-order valence-electron chi connectivity index (χ1n) is 9.71. The first kappa shape index (κ1) is 20.3. The average molecular weight is 395 g/mol. The molecule has 7 heteroatoms. The van der Waals surface area contributed by atoms with Crippen LogP contribution in [0, 0.1) is 11.8 Å². The van der Waals surface area contributed by atoms with E-state index in [1.807, 2.05) is 13.8 Å². The van der Waals surface area contributed by atoms with E-state index in [-0.39, 0.29) is 23.0 Å². The second kappa shape index (κ2) is 7.89. The van der Waals surface area contributed by atoms with Crippen molar-refractivity contribution in [1.82, 2.24) is 9.21 Å². The highest BCUT2D eigenvalue weighted by Gasteiger charge is 2.32. The number of benzene rings is 1. The molecular formula is C20H30N2O4S. The van der Waals surface area contributed by atoms with E-state index in [1.54, 1.807) is 33.5 Å². The molecular weight excluding hydrogens is 364 g/mol. The second-order valence-electron chi connectivity index (χ2n) is 8.26. The molecule has 2 saturated heterocycles. The molecule has 6 nitrogen and oxygen atoms in total. The summed E-state index contributed by atoms with van der Waals surface area (Å²) in [6.45, 7) is 10.3. The van der Waals surface area contributed by atoms with Gasteiger partial charge >= 0.3 is 0 Å². The van der Waals surface area contributed by atoms with Crippen molar-refractivity contribution in [2.24, 2.45) is 11.8 Å². The summed E-state index contributed by atoms with van der Waals surface area (Å²) in [4.78, 5) is 14.8. The van der Waals surface area contributed by atoms with Gasteiger partial charge in [0.25, 0.3) is 5.91 Å². The minimum Gasteiger partial charge on any atom is -0.372 e. The Bertz CT molecular complexity index is 758. The molecule has 3 rings (SSSR count). The van der Waals surface area contributed by atoms with Crippen LogP contribution < -0.4 is 0 Å². The van der Waals surface area contributed by atoms with Gasteiger partial charge in [-0.1, -0.05) is 13.8 Å². The summed E-state index contributed by atoms with van der Waals surface area (Å²) < 4.78 is 33.2. The molecule has 150 valence electrons. The lowest BCUT2D eigenvalue weighted by Crippen LogP contribution is -2.48. The molecule has 4 atom stereocenters. The van der Waals surface area contributed by atoms with Gasteiger partial charge in [-0.25, -0.2) is 8.42 Å². The number of hydrogen-bond acceptors (Lipinski definition) is 4. The number of ether oxygens (including phenoxy) is 1. The van der Waals surface area contributed by atoms with Crippen LogP contribution in [0.4, 0.5) is 0 Å². The summed E-state index contributed by atoms with van der Waals surface area (Å²) in [7, 11) is -3.52. The zero-order valence-corrected chi connectivity index (χ0v) is 17.4. The maximum atomic E-state index is 13.0. The Labute approximate surface area is 162 Å². The molecule has 2 fully saturated rings. The number of rotatable bonds is 3. The number of hydrogen-bond donors (Lipinski definition) is 0. The molecule has 2 aliphatic heterocycles. The van der Waals surface area contributed by atoms with Crippen LogP contribution in [0.1, 0.15) is 44.5 Å². The van der Waals surface area contributed by atoms with E-state index in [4.69, 9.17) is 4.74 Å². The molecule has 2 aliphatic rings. The van der Waals surface area contributed by atoms with E-state index in [0.29, 0.717) is 43.6 Å². The van der Waals surface area contributed by atoms with Gasteiger partial charge in [0, 0.05) is 31.7 Å². The monoisotopic (exact) mass is 394 g/mol. The average Bonchev–Trinajstić information content (AvgIpc) is 2.59. The molecule has 0 unspecified atom stereocenters. The molecule has 1 amide bonds. The fourth-order valence-electron chi connectivity index (χ4n) is 4.25. The molecule has 27 heavy (non-hydrogen) atoms. The highest BCUT2D eigenvalue weighted by atomic mass is 32.2. The Morgan fingerprint density at radius 2 is 1.44 bits per heavy atom. The normalized spacial score (nSPS) is 30.3. The SMILES string of the molecule is C[C@@H]1C[C@H](C)CN(S(=O)(=O)c2ccc(C(=O)N3C[C@@H](C)O[C@@H](C)C3)cc2)C1. The minimum atomic E-state index is -3.52. The standard InChI is InChI=1S/C20H30N2O4S/c1-14-9-15(2)11-22(10-14)27(24,25)19-7-5-18(6-8-19)20(23)21-12-16(3)26-17(4)13-21/h5-8,14-17H,9-13H2,1-4H3/t14-,15+,16-,17+. The number of piperidine rings is 1. The maximum absolute atomic E-state index is 13.0. The molecule has 1 aromatic rings. The zero-order chi connectivity index (χ0) is 19.8. The van der Waals surface area contributed by atoms with E-state index in [0.717, 1.165) is 6.42 Å². The third kappa shape index (κ3) is 4.52. The van der Waals surface area contributed by atoms with E-state index in [9.17, 15) is 13.2 Å². The zero-order valence-electron chi connectivity index (χ0n) is 16.6. The maximum Gasteiger partial charge on any atom is 0.254 e. The van der Waals surface area contributed by atoms with Crippen molar-refractivity contribution < 1.29 is 17.9 Å². The molecule has 1 aromatic carbocycles. The van der Waals surface area contributed by atoms with Gasteiger partial charge in [0.05, 0.1) is 17.1 Å². The smallest absolute Gasteiger partial charge is 0.254 e. The number of amides is 1. The van der Waals surface area contributed by atoms with Gasteiger partial charge in [-0.05, 0) is 56.4 Å². The lowest BCUT2D eigenvalue weighted by molar-refractivity contribution is -0.0586. The lowest BCUT2D eigenvalue weighted by atomic mass is 9.94. The van der Waals surface area contributed by atoms with Crippen molar-refractivity contribution in [3.63, 3.8) is 0 Å². The summed E-state index contributed by atoms with van der Waals surface area (Å²) in [5.41, 5.74) is 0.510. The molecule has 0 spiro atoms. The Morgan fingerprint density at radius 1 is 0.926 bits per heavy atom. The van der Waals surface area contributed by atoms with Crippen molar-refractivity contribution in [3.05, 3.63) is 29.8 Å². The van der Waals surface area contributed by atoms with E-state index in [1.165, 1.54) is 0 Å². The van der Waals surface area contributed by atoms with E-state index in [2.05, 4.69) is 13.8 Å². The molecule has 0 radical (unpaired) electrons. The van der Waals surface area contributed by atoms with Crippen molar-refractivity contribution in [1.29, 1.82) is 0 Å². The Balaban J connectivity index is 1.75. The second-order valence-corrected chi connectivity index (χ2v) is 10.2. The highest BCUT2D eigenvalue weighted by Crippen LogP contribution is 2.27. The van der Waals surface area contributed by atoms with Crippen LogP contribution >= 0.6 is 0 Å². The van der Waals surface area contributed by atoms with Crippen LogP contribution in [0.15, 0.2) is 29.2 Å². The van der Waals surface area contributed by atoms with Gasteiger partial charge in [0.15, 0.2) is 0 Å². The number of nitrogens with zero attached hydrogens (tertiary/aromatic N) is 2. The van der Waals surface area contributed by atoms with Crippen LogP contribution in [-0.2, 0) is 14.8 Å². The van der Waals surface area contributed by atoms with Crippen LogP contribution in [0.25, 0.3) is 0 Å². The van der Waals surface area contributed by atoms with Crippen molar-refractivity contribution in [2.45, 2.75) is 51.2 Å². The minimum absolute atomic E-state index is 0.000400. The third-order valence-corrected chi connectivity index (χ3v) is 7.13. The topological polar surface area (TPSA) is 66.9 Å². The molecule has 0 aromatic heterocycles. The van der Waals surface area contributed by atoms with Gasteiger partial charge in [-0.2, -0.15) is 4.31 Å². The Hall–Kier alpha value is -1.44. The molecule has 2 heterocycles. The lowest BCUT2D eigenvalue weighted by Gasteiger charge is -2.35. The van der Waals surface area contributed by atoms with Gasteiger partial charge in [-0.15, -0.1) is 0 Å². The quantitative estimate of drug-likeness (QED) is 0.790. The summed E-state index contributed by atoms with van der Waals surface area (Å²) in [5.74, 6) is 0.630. The highest BCUT2D eigenvalue weighted by molar-refractivity contribution is 7.89. The first-order valence-corrected chi connectivity index (χ1v) is 11.2. The number of morpholine rings is 1. The van der Waals surface area contributed by atoms with Gasteiger partial charge in [0.2, 0.25) is 10.0 Å². The molecule has 0 bridgehead atoms. The molecule has 0 aliphatic carbocycles. The van der Waals surface area contributed by atoms with Crippen LogP contribution in [0.2, 0.25) is 0 Å². The van der Waals surface area contributed by atoms with E-state index >= 15 is 0 Å². The fourth-order valence-corrected chi connectivity index (χ4v) is 5.93. The van der Waals surface area contributed by atoms with Crippen molar-refractivity contribution in [3.8, 4) is 0 Å². The Kier molecular flexibility index (Phi) is 5.93. The van der Waals surface area contributed by atoms with Gasteiger partial charge in [0.1, 0.15) is 0 Å². The van der Waals surface area contributed by atoms with Gasteiger partial charge in [-0.3, -0.25) is 4.79 Å². The van der Waals surface area contributed by atoms with Gasteiger partial charge < -0.3 is 9.64 Å². The Morgan fingerprint density at radius 3 is 1.96 bits per heavy atom. The molecule has 0 N–H and O–H groups in total. The van der Waals surface area contributed by atoms with Crippen molar-refractivity contribution >= 4 is 15.9 Å². The van der Waals surface area contributed by atoms with Crippen LogP contribution in [0.5, 0.6) is 0 Å². The largest absolute Gasteiger partial charge is 0.372 e. The van der Waals surface area contributed by atoms with Crippen molar-refractivity contribution in [2.75, 3.05) is 26.2 Å².